The van der Waals surface area contributed by atoms with Crippen molar-refractivity contribution in [3.05, 3.63) is 81.9 Å². The van der Waals surface area contributed by atoms with Crippen LogP contribution in [0.25, 0.3) is 0 Å². The fourth-order valence-electron chi connectivity index (χ4n) is 5.13. The summed E-state index contributed by atoms with van der Waals surface area (Å²) >= 11 is 0. The van der Waals surface area contributed by atoms with Crippen LogP contribution in [0.2, 0.25) is 0 Å². The summed E-state index contributed by atoms with van der Waals surface area (Å²) in [5.74, 6) is -0.927. The summed E-state index contributed by atoms with van der Waals surface area (Å²) < 4.78 is 5.10. The standard InChI is InChI=1S/C21H22N2O4/c1-27-20(24)21-13-8-14-22(21)18(16-11-6-3-7-12-16)17(19(21)23(25)26)15-9-4-2-5-10-15/h2-7,9-12,17-19H,8,13-14H2,1H3/t17-,18-,19+,21+/m0/s1. The minimum Gasteiger partial charge on any atom is -0.467 e. The summed E-state index contributed by atoms with van der Waals surface area (Å²) in [6.07, 6.45) is 1.18. The van der Waals surface area contributed by atoms with Crippen molar-refractivity contribution >= 4 is 5.97 Å². The van der Waals surface area contributed by atoms with Gasteiger partial charge in [0.05, 0.1) is 13.0 Å². The highest BCUT2D eigenvalue weighted by Gasteiger charge is 2.71. The van der Waals surface area contributed by atoms with E-state index in [2.05, 4.69) is 0 Å². The maximum atomic E-state index is 12.9. The molecule has 0 aliphatic carbocycles. The molecule has 0 unspecified atom stereocenters. The first-order valence-electron chi connectivity index (χ1n) is 9.20. The van der Waals surface area contributed by atoms with Gasteiger partial charge >= 0.3 is 5.97 Å². The predicted octanol–water partition coefficient (Wildman–Crippen LogP) is 3.18. The van der Waals surface area contributed by atoms with Crippen molar-refractivity contribution in [2.24, 2.45) is 0 Å². The molecule has 6 nitrogen and oxygen atoms in total. The van der Waals surface area contributed by atoms with Gasteiger partial charge in [-0.05, 0) is 24.0 Å². The van der Waals surface area contributed by atoms with E-state index in [1.807, 2.05) is 65.6 Å². The van der Waals surface area contributed by atoms with Crippen LogP contribution in [0.5, 0.6) is 0 Å². The Labute approximate surface area is 157 Å². The number of ether oxygens (including phenoxy) is 1. The molecule has 4 rings (SSSR count). The fraction of sp³-hybridized carbons (Fsp3) is 0.381. The van der Waals surface area contributed by atoms with E-state index in [1.165, 1.54) is 7.11 Å². The van der Waals surface area contributed by atoms with Crippen molar-refractivity contribution in [1.29, 1.82) is 0 Å². The highest BCUT2D eigenvalue weighted by Crippen LogP contribution is 2.57. The molecule has 2 fully saturated rings. The number of esters is 1. The Balaban J connectivity index is 1.95. The zero-order chi connectivity index (χ0) is 19.0. The molecule has 2 aliphatic rings. The number of fused-ring (bicyclic) bond motifs is 1. The molecule has 0 bridgehead atoms. The number of nitro groups is 1. The number of rotatable bonds is 4. The number of hydrogen-bond donors (Lipinski definition) is 0. The highest BCUT2D eigenvalue weighted by atomic mass is 16.6. The van der Waals surface area contributed by atoms with Gasteiger partial charge in [0.15, 0.2) is 5.54 Å². The molecule has 0 amide bonds. The SMILES string of the molecule is COC(=O)[C@]12CCCN1[C@@H](c1ccccc1)[C@H](c1ccccc1)[C@H]2[N+](=O)[O-]. The second-order valence-electron chi connectivity index (χ2n) is 7.23. The smallest absolute Gasteiger partial charge is 0.333 e. The van der Waals surface area contributed by atoms with Gasteiger partial charge < -0.3 is 4.74 Å². The average Bonchev–Trinajstić information content (AvgIpc) is 3.24. The second kappa shape index (κ2) is 6.78. The van der Waals surface area contributed by atoms with Crippen molar-refractivity contribution in [3.8, 4) is 0 Å². The highest BCUT2D eigenvalue weighted by molar-refractivity contribution is 5.83. The van der Waals surface area contributed by atoms with E-state index in [4.69, 9.17) is 4.74 Å². The molecule has 2 heterocycles. The minimum absolute atomic E-state index is 0.245. The van der Waals surface area contributed by atoms with Gasteiger partial charge in [0, 0.05) is 17.5 Å². The van der Waals surface area contributed by atoms with Crippen LogP contribution >= 0.6 is 0 Å². The van der Waals surface area contributed by atoms with E-state index in [9.17, 15) is 14.9 Å². The summed E-state index contributed by atoms with van der Waals surface area (Å²) in [7, 11) is 1.32. The van der Waals surface area contributed by atoms with Gasteiger partial charge in [-0.25, -0.2) is 4.79 Å². The first kappa shape index (κ1) is 17.7. The van der Waals surface area contributed by atoms with Crippen molar-refractivity contribution in [2.45, 2.75) is 36.4 Å². The molecule has 0 aromatic heterocycles. The van der Waals surface area contributed by atoms with E-state index in [-0.39, 0.29) is 11.0 Å². The van der Waals surface area contributed by atoms with Gasteiger partial charge in [0.2, 0.25) is 0 Å². The average molecular weight is 366 g/mol. The molecule has 2 aromatic rings. The van der Waals surface area contributed by atoms with Gasteiger partial charge in [-0.3, -0.25) is 15.0 Å². The number of carbonyl (C=O) groups excluding carboxylic acids is 1. The van der Waals surface area contributed by atoms with Crippen LogP contribution in [0.15, 0.2) is 60.7 Å². The molecule has 2 saturated heterocycles. The molecule has 27 heavy (non-hydrogen) atoms. The molecular formula is C21H22N2O4. The van der Waals surface area contributed by atoms with Crippen LogP contribution in [0.3, 0.4) is 0 Å². The molecular weight excluding hydrogens is 344 g/mol. The zero-order valence-corrected chi connectivity index (χ0v) is 15.2. The van der Waals surface area contributed by atoms with E-state index in [1.54, 1.807) is 0 Å². The van der Waals surface area contributed by atoms with E-state index < -0.39 is 23.5 Å². The Kier molecular flexibility index (Phi) is 4.44. The Hall–Kier alpha value is -2.73. The van der Waals surface area contributed by atoms with Gasteiger partial charge in [0.1, 0.15) is 0 Å². The van der Waals surface area contributed by atoms with E-state index >= 15 is 0 Å². The Bertz CT molecular complexity index is 842. The second-order valence-corrected chi connectivity index (χ2v) is 7.23. The maximum Gasteiger partial charge on any atom is 0.333 e. The third-order valence-corrected chi connectivity index (χ3v) is 6.07. The van der Waals surface area contributed by atoms with Crippen LogP contribution in [0, 0.1) is 10.1 Å². The topological polar surface area (TPSA) is 72.7 Å². The molecule has 0 radical (unpaired) electrons. The Morgan fingerprint density at radius 3 is 2.26 bits per heavy atom. The number of hydrogen-bond acceptors (Lipinski definition) is 5. The minimum atomic E-state index is -1.22. The van der Waals surface area contributed by atoms with Gasteiger partial charge in [-0.15, -0.1) is 0 Å². The summed E-state index contributed by atoms with van der Waals surface area (Å²) in [5, 5.41) is 12.3. The van der Waals surface area contributed by atoms with Crippen LogP contribution in [-0.4, -0.2) is 41.0 Å². The van der Waals surface area contributed by atoms with Crippen LogP contribution in [-0.2, 0) is 9.53 Å². The number of carbonyl (C=O) groups is 1. The van der Waals surface area contributed by atoms with Crippen LogP contribution < -0.4 is 0 Å². The van der Waals surface area contributed by atoms with Crippen molar-refractivity contribution < 1.29 is 14.5 Å². The third kappa shape index (κ3) is 2.55. The van der Waals surface area contributed by atoms with Crippen LogP contribution in [0.4, 0.5) is 0 Å². The lowest BCUT2D eigenvalue weighted by molar-refractivity contribution is -0.533. The quantitative estimate of drug-likeness (QED) is 0.472. The van der Waals surface area contributed by atoms with Gasteiger partial charge in [-0.2, -0.15) is 0 Å². The molecule has 2 aromatic carbocycles. The first-order valence-corrected chi connectivity index (χ1v) is 9.20. The molecule has 2 aliphatic heterocycles. The Morgan fingerprint density at radius 2 is 1.70 bits per heavy atom. The summed E-state index contributed by atoms with van der Waals surface area (Å²) in [6, 6.07) is 18.0. The van der Waals surface area contributed by atoms with Gasteiger partial charge in [0.25, 0.3) is 6.04 Å². The van der Waals surface area contributed by atoms with Crippen molar-refractivity contribution in [2.75, 3.05) is 13.7 Å². The van der Waals surface area contributed by atoms with Crippen molar-refractivity contribution in [3.63, 3.8) is 0 Å². The molecule has 6 heteroatoms. The monoisotopic (exact) mass is 366 g/mol. The van der Waals surface area contributed by atoms with E-state index in [0.29, 0.717) is 13.0 Å². The number of nitrogens with zero attached hydrogens (tertiary/aromatic N) is 2. The number of benzene rings is 2. The lowest BCUT2D eigenvalue weighted by Crippen LogP contribution is -2.56. The molecule has 0 spiro atoms. The largest absolute Gasteiger partial charge is 0.467 e. The summed E-state index contributed by atoms with van der Waals surface area (Å²) in [5.41, 5.74) is 0.649. The lowest BCUT2D eigenvalue weighted by Gasteiger charge is -2.32. The van der Waals surface area contributed by atoms with Crippen LogP contribution in [0.1, 0.15) is 35.9 Å². The first-order chi connectivity index (χ1) is 13.1. The maximum absolute atomic E-state index is 12.9. The fourth-order valence-corrected chi connectivity index (χ4v) is 5.13. The lowest BCUT2D eigenvalue weighted by atomic mass is 9.78. The molecule has 0 saturated carbocycles. The van der Waals surface area contributed by atoms with Gasteiger partial charge in [-0.1, -0.05) is 60.7 Å². The predicted molar refractivity (Wildman–Crippen MR) is 99.8 cm³/mol. The summed E-state index contributed by atoms with van der Waals surface area (Å²) in [4.78, 5) is 27.0. The summed E-state index contributed by atoms with van der Waals surface area (Å²) in [6.45, 7) is 0.641. The Morgan fingerprint density at radius 1 is 1.11 bits per heavy atom. The van der Waals surface area contributed by atoms with E-state index in [0.717, 1.165) is 17.5 Å². The third-order valence-electron chi connectivity index (χ3n) is 6.07. The molecule has 140 valence electrons. The zero-order valence-electron chi connectivity index (χ0n) is 15.2. The molecule has 4 atom stereocenters. The number of methoxy groups -OCH3 is 1. The molecule has 0 N–H and O–H groups in total. The van der Waals surface area contributed by atoms with Crippen molar-refractivity contribution in [1.82, 2.24) is 4.90 Å². The normalized spacial score (nSPS) is 30.0.